The summed E-state index contributed by atoms with van der Waals surface area (Å²) in [6, 6.07) is 14.4. The first kappa shape index (κ1) is 21.8. The van der Waals surface area contributed by atoms with E-state index in [1.54, 1.807) is 13.2 Å². The van der Waals surface area contributed by atoms with Crippen molar-refractivity contribution in [3.8, 4) is 11.5 Å². The number of hydrogen-bond acceptors (Lipinski definition) is 4. The second kappa shape index (κ2) is 9.27. The average Bonchev–Trinajstić information content (AvgIpc) is 2.70. The maximum Gasteiger partial charge on any atom is 0.143 e. The fourth-order valence-electron chi connectivity index (χ4n) is 4.79. The first-order valence-electron chi connectivity index (χ1n) is 10.6. The second-order valence-corrected chi connectivity index (χ2v) is 8.70. The van der Waals surface area contributed by atoms with Crippen molar-refractivity contribution in [1.29, 1.82) is 0 Å². The topological polar surface area (TPSA) is 44.7 Å². The molecule has 0 amide bonds. The highest BCUT2D eigenvalue weighted by molar-refractivity contribution is 6.30. The summed E-state index contributed by atoms with van der Waals surface area (Å²) in [6.07, 6.45) is 4.17. The van der Waals surface area contributed by atoms with Gasteiger partial charge in [0.15, 0.2) is 0 Å². The molecule has 2 aromatic carbocycles. The second-order valence-electron chi connectivity index (χ2n) is 8.26. The Labute approximate surface area is 179 Å². The number of phenols is 1. The van der Waals surface area contributed by atoms with Crippen molar-refractivity contribution in [3.05, 3.63) is 53.1 Å². The van der Waals surface area contributed by atoms with Gasteiger partial charge in [-0.2, -0.15) is 0 Å². The van der Waals surface area contributed by atoms with E-state index >= 15 is 0 Å². The molecule has 0 aromatic heterocycles. The number of nitrogens with zero attached hydrogens (tertiary/aromatic N) is 1. The smallest absolute Gasteiger partial charge is 0.143 e. The largest absolute Gasteiger partial charge is 0.508 e. The Kier molecular flexibility index (Phi) is 6.97. The molecule has 0 atom stereocenters. The zero-order valence-corrected chi connectivity index (χ0v) is 18.7. The summed E-state index contributed by atoms with van der Waals surface area (Å²) in [4.78, 5) is 2.44. The minimum Gasteiger partial charge on any atom is -0.508 e. The van der Waals surface area contributed by atoms with Crippen LogP contribution in [0.25, 0.3) is 0 Å². The first-order chi connectivity index (χ1) is 13.9. The van der Waals surface area contributed by atoms with Crippen molar-refractivity contribution in [1.82, 2.24) is 5.32 Å². The van der Waals surface area contributed by atoms with Crippen molar-refractivity contribution in [2.75, 3.05) is 18.6 Å². The molecule has 5 heteroatoms. The van der Waals surface area contributed by atoms with Gasteiger partial charge in [0.2, 0.25) is 0 Å². The highest BCUT2D eigenvalue weighted by Crippen LogP contribution is 2.42. The van der Waals surface area contributed by atoms with Gasteiger partial charge in [0.25, 0.3) is 0 Å². The Morgan fingerprint density at radius 2 is 1.93 bits per heavy atom. The summed E-state index contributed by atoms with van der Waals surface area (Å²) in [7, 11) is 1.70. The minimum atomic E-state index is -0.104. The van der Waals surface area contributed by atoms with Crippen molar-refractivity contribution in [3.63, 3.8) is 0 Å². The lowest BCUT2D eigenvalue weighted by Crippen LogP contribution is -2.51. The van der Waals surface area contributed by atoms with Crippen molar-refractivity contribution >= 4 is 17.3 Å². The normalized spacial score (nSPS) is 21.9. The highest BCUT2D eigenvalue weighted by atomic mass is 35.5. The molecule has 1 aliphatic rings. The predicted molar refractivity (Wildman–Crippen MR) is 121 cm³/mol. The van der Waals surface area contributed by atoms with E-state index in [9.17, 15) is 5.11 Å². The lowest BCUT2D eigenvalue weighted by atomic mass is 9.74. The fraction of sp³-hybridized carbons (Fsp3) is 0.500. The van der Waals surface area contributed by atoms with E-state index in [1.807, 2.05) is 24.3 Å². The van der Waals surface area contributed by atoms with Crippen molar-refractivity contribution in [2.24, 2.45) is 0 Å². The van der Waals surface area contributed by atoms with Gasteiger partial charge >= 0.3 is 0 Å². The molecule has 3 rings (SSSR count). The van der Waals surface area contributed by atoms with Gasteiger partial charge in [-0.15, -0.1) is 0 Å². The van der Waals surface area contributed by atoms with Crippen LogP contribution in [0.3, 0.4) is 0 Å². The standard InChI is InChI=1S/C24H33ClN2O2/c1-5-27(22-10-9-19(25)16-23(22)29-4)20-11-13-24(14-12-20,26-17(2)3)18-7-6-8-21(28)15-18/h6-10,15-17,20,26,28H,5,11-14H2,1-4H3. The molecule has 1 fully saturated rings. The summed E-state index contributed by atoms with van der Waals surface area (Å²) in [6.45, 7) is 7.48. The number of halogens is 1. The number of methoxy groups -OCH3 is 1. The molecule has 0 saturated heterocycles. The third kappa shape index (κ3) is 4.81. The number of phenolic OH excluding ortho intramolecular Hbond substituents is 1. The lowest BCUT2D eigenvalue weighted by Gasteiger charge is -2.46. The van der Waals surface area contributed by atoms with E-state index in [1.165, 1.54) is 5.56 Å². The SMILES string of the molecule is CCN(c1ccc(Cl)cc1OC)C1CCC(NC(C)C)(c2cccc(O)c2)CC1. The van der Waals surface area contributed by atoms with Crippen LogP contribution in [0.15, 0.2) is 42.5 Å². The van der Waals surface area contributed by atoms with Gasteiger partial charge in [-0.25, -0.2) is 0 Å². The molecule has 1 aliphatic carbocycles. The van der Waals surface area contributed by atoms with Gasteiger partial charge in [0, 0.05) is 35.3 Å². The molecule has 1 saturated carbocycles. The molecule has 158 valence electrons. The van der Waals surface area contributed by atoms with Gasteiger partial charge in [0.1, 0.15) is 11.5 Å². The van der Waals surface area contributed by atoms with Crippen LogP contribution in [-0.4, -0.2) is 30.8 Å². The Morgan fingerprint density at radius 1 is 1.21 bits per heavy atom. The van der Waals surface area contributed by atoms with Crippen molar-refractivity contribution < 1.29 is 9.84 Å². The fourth-order valence-corrected chi connectivity index (χ4v) is 4.96. The number of aromatic hydroxyl groups is 1. The van der Waals surface area contributed by atoms with Gasteiger partial charge < -0.3 is 20.1 Å². The molecule has 2 N–H and O–H groups in total. The number of hydrogen-bond donors (Lipinski definition) is 2. The molecular formula is C24H33ClN2O2. The van der Waals surface area contributed by atoms with Crippen LogP contribution in [-0.2, 0) is 5.54 Å². The highest BCUT2D eigenvalue weighted by Gasteiger charge is 2.39. The molecular weight excluding hydrogens is 384 g/mol. The van der Waals surface area contributed by atoms with Crippen LogP contribution < -0.4 is 15.0 Å². The Morgan fingerprint density at radius 3 is 2.52 bits per heavy atom. The maximum atomic E-state index is 10.0. The quantitative estimate of drug-likeness (QED) is 0.606. The van der Waals surface area contributed by atoms with E-state index in [4.69, 9.17) is 16.3 Å². The number of benzene rings is 2. The van der Waals surface area contributed by atoms with Crippen LogP contribution in [0.5, 0.6) is 11.5 Å². The van der Waals surface area contributed by atoms with Gasteiger partial charge in [-0.1, -0.05) is 37.6 Å². The molecule has 2 aromatic rings. The van der Waals surface area contributed by atoms with Crippen LogP contribution in [0.1, 0.15) is 52.0 Å². The molecule has 0 spiro atoms. The lowest BCUT2D eigenvalue weighted by molar-refractivity contribution is 0.198. The predicted octanol–water partition coefficient (Wildman–Crippen LogP) is 5.72. The summed E-state index contributed by atoms with van der Waals surface area (Å²) in [5.74, 6) is 1.15. The summed E-state index contributed by atoms with van der Waals surface area (Å²) in [5, 5.41) is 14.5. The van der Waals surface area contributed by atoms with Gasteiger partial charge in [0.05, 0.1) is 12.8 Å². The van der Waals surface area contributed by atoms with E-state index in [2.05, 4.69) is 43.1 Å². The molecule has 4 nitrogen and oxygen atoms in total. The summed E-state index contributed by atoms with van der Waals surface area (Å²) < 4.78 is 5.61. The Bertz CT molecular complexity index is 816. The number of ether oxygens (including phenoxy) is 1. The van der Waals surface area contributed by atoms with E-state index < -0.39 is 0 Å². The van der Waals surface area contributed by atoms with Crippen LogP contribution in [0, 0.1) is 0 Å². The molecule has 0 radical (unpaired) electrons. The number of nitrogens with one attached hydrogen (secondary N) is 1. The number of anilines is 1. The monoisotopic (exact) mass is 416 g/mol. The van der Waals surface area contributed by atoms with E-state index in [-0.39, 0.29) is 5.54 Å². The van der Waals surface area contributed by atoms with Crippen molar-refractivity contribution in [2.45, 2.75) is 64.1 Å². The van der Waals surface area contributed by atoms with Gasteiger partial charge in [-0.3, -0.25) is 0 Å². The van der Waals surface area contributed by atoms with Crippen LogP contribution >= 0.6 is 11.6 Å². The maximum absolute atomic E-state index is 10.0. The molecule has 0 aliphatic heterocycles. The Hall–Kier alpha value is -1.91. The molecule has 0 heterocycles. The average molecular weight is 417 g/mol. The zero-order valence-electron chi connectivity index (χ0n) is 17.9. The molecule has 29 heavy (non-hydrogen) atoms. The van der Waals surface area contributed by atoms with Crippen LogP contribution in [0.4, 0.5) is 5.69 Å². The third-order valence-corrected chi connectivity index (χ3v) is 6.24. The molecule has 0 bridgehead atoms. The molecule has 0 unspecified atom stereocenters. The van der Waals surface area contributed by atoms with E-state index in [0.29, 0.717) is 22.9 Å². The third-order valence-electron chi connectivity index (χ3n) is 6.01. The zero-order chi connectivity index (χ0) is 21.0. The van der Waals surface area contributed by atoms with E-state index in [0.717, 1.165) is 43.7 Å². The number of rotatable bonds is 7. The first-order valence-corrected chi connectivity index (χ1v) is 10.9. The summed E-state index contributed by atoms with van der Waals surface area (Å²) >= 11 is 6.17. The van der Waals surface area contributed by atoms with Crippen LogP contribution in [0.2, 0.25) is 5.02 Å². The minimum absolute atomic E-state index is 0.104. The Balaban J connectivity index is 1.84. The van der Waals surface area contributed by atoms with Gasteiger partial charge in [-0.05, 0) is 62.4 Å². The summed E-state index contributed by atoms with van der Waals surface area (Å²) in [5.41, 5.74) is 2.18.